The second-order valence-corrected chi connectivity index (χ2v) is 10.3. The third-order valence-corrected chi connectivity index (χ3v) is 8.03. The highest BCUT2D eigenvalue weighted by atomic mass is 19.2. The first-order valence-corrected chi connectivity index (χ1v) is 13.1. The Morgan fingerprint density at radius 1 is 0.829 bits per heavy atom. The van der Waals surface area contributed by atoms with E-state index in [0.29, 0.717) is 31.3 Å². The number of allylic oxidation sites excluding steroid dienone is 1. The molecule has 190 valence electrons. The van der Waals surface area contributed by atoms with E-state index in [0.717, 1.165) is 51.4 Å². The molecule has 35 heavy (non-hydrogen) atoms. The lowest BCUT2D eigenvalue weighted by molar-refractivity contribution is -0.00181. The van der Waals surface area contributed by atoms with E-state index in [4.69, 9.17) is 4.74 Å². The fourth-order valence-electron chi connectivity index (χ4n) is 5.75. The molecule has 0 radical (unpaired) electrons. The monoisotopic (exact) mass is 488 g/mol. The Morgan fingerprint density at radius 3 is 2.14 bits per heavy atom. The summed E-state index contributed by atoms with van der Waals surface area (Å²) in [6.45, 7) is 6.29. The van der Waals surface area contributed by atoms with Crippen LogP contribution in [0.4, 0.5) is 17.6 Å². The van der Waals surface area contributed by atoms with E-state index >= 15 is 8.78 Å². The lowest BCUT2D eigenvalue weighted by atomic mass is 9.79. The summed E-state index contributed by atoms with van der Waals surface area (Å²) in [5.41, 5.74) is 0.0292. The Morgan fingerprint density at radius 2 is 1.51 bits per heavy atom. The van der Waals surface area contributed by atoms with Crippen molar-refractivity contribution in [3.05, 3.63) is 71.3 Å². The van der Waals surface area contributed by atoms with Crippen LogP contribution in [0, 0.1) is 35.1 Å². The molecule has 2 unspecified atom stereocenters. The topological polar surface area (TPSA) is 9.23 Å². The molecule has 1 saturated heterocycles. The lowest BCUT2D eigenvalue weighted by Crippen LogP contribution is -2.25. The Labute approximate surface area is 206 Å². The Bertz CT molecular complexity index is 1020. The van der Waals surface area contributed by atoms with Gasteiger partial charge < -0.3 is 4.74 Å². The van der Waals surface area contributed by atoms with Gasteiger partial charge in [-0.3, -0.25) is 0 Å². The quantitative estimate of drug-likeness (QED) is 0.266. The highest BCUT2D eigenvalue weighted by molar-refractivity contribution is 5.66. The van der Waals surface area contributed by atoms with Crippen molar-refractivity contribution in [3.63, 3.8) is 0 Å². The molecule has 0 aromatic heterocycles. The van der Waals surface area contributed by atoms with Gasteiger partial charge in [-0.05, 0) is 80.8 Å². The number of aryl methyl sites for hydroxylation is 1. The number of rotatable bonds is 8. The molecule has 2 fully saturated rings. The molecule has 5 heteroatoms. The highest BCUT2D eigenvalue weighted by Crippen LogP contribution is 2.37. The lowest BCUT2D eigenvalue weighted by Gasteiger charge is -2.29. The molecule has 0 N–H and O–H groups in total. The van der Waals surface area contributed by atoms with Gasteiger partial charge in [0, 0.05) is 17.0 Å². The van der Waals surface area contributed by atoms with Crippen LogP contribution >= 0.6 is 0 Å². The third kappa shape index (κ3) is 5.82. The van der Waals surface area contributed by atoms with Crippen LogP contribution in [-0.2, 0) is 11.2 Å². The summed E-state index contributed by atoms with van der Waals surface area (Å²) in [5.74, 6) is -3.40. The average molecular weight is 489 g/mol. The van der Waals surface area contributed by atoms with E-state index in [1.807, 2.05) is 6.08 Å². The van der Waals surface area contributed by atoms with E-state index < -0.39 is 23.3 Å². The molecule has 4 rings (SSSR count). The second-order valence-electron chi connectivity index (χ2n) is 10.3. The Hall–Kier alpha value is -2.14. The molecule has 1 saturated carbocycles. The minimum Gasteiger partial charge on any atom is -0.378 e. The molecule has 2 atom stereocenters. The molecule has 2 aromatic carbocycles. The zero-order chi connectivity index (χ0) is 24.9. The largest absolute Gasteiger partial charge is 0.378 e. The molecule has 1 nitrogen and oxygen atoms in total. The molecule has 0 amide bonds. The summed E-state index contributed by atoms with van der Waals surface area (Å²) < 4.78 is 65.8. The van der Waals surface area contributed by atoms with Crippen LogP contribution in [0.15, 0.2) is 36.9 Å². The van der Waals surface area contributed by atoms with Crippen molar-refractivity contribution in [2.24, 2.45) is 11.8 Å². The minimum absolute atomic E-state index is 0.168. The van der Waals surface area contributed by atoms with Gasteiger partial charge in [-0.25, -0.2) is 17.6 Å². The predicted molar refractivity (Wildman–Crippen MR) is 132 cm³/mol. The number of hydrogen-bond acceptors (Lipinski definition) is 1. The van der Waals surface area contributed by atoms with E-state index in [1.165, 1.54) is 24.3 Å². The van der Waals surface area contributed by atoms with Gasteiger partial charge in [-0.1, -0.05) is 43.7 Å². The maximum absolute atomic E-state index is 15.1. The molecular formula is C30H36F4O. The number of hydrogen-bond donors (Lipinski definition) is 0. The van der Waals surface area contributed by atoms with Crippen molar-refractivity contribution in [1.82, 2.24) is 0 Å². The summed E-state index contributed by atoms with van der Waals surface area (Å²) in [5, 5.41) is 0. The minimum atomic E-state index is -1.14. The standard InChI is InChI=1S/C30H36F4O/c1-3-5-23-14-12-22(18-35-23)24-16-17-26(30(34)28(24)32)25-15-13-21(27(31)29(25)33)11-10-20-8-6-19(4-2)7-9-20/h4,13,15-17,19-20,22-23H,2-3,5-12,14,18H2,1H3. The normalized spacial score (nSPS) is 24.9. The van der Waals surface area contributed by atoms with Gasteiger partial charge in [-0.2, -0.15) is 0 Å². The van der Waals surface area contributed by atoms with Crippen molar-refractivity contribution >= 4 is 0 Å². The maximum atomic E-state index is 15.1. The summed E-state index contributed by atoms with van der Waals surface area (Å²) in [6.07, 6.45) is 11.2. The van der Waals surface area contributed by atoms with Crippen molar-refractivity contribution in [2.45, 2.75) is 83.2 Å². The maximum Gasteiger partial charge on any atom is 0.167 e. The van der Waals surface area contributed by atoms with Gasteiger partial charge in [0.15, 0.2) is 23.3 Å². The van der Waals surface area contributed by atoms with Gasteiger partial charge in [0.2, 0.25) is 0 Å². The summed E-state index contributed by atoms with van der Waals surface area (Å²) >= 11 is 0. The zero-order valence-corrected chi connectivity index (χ0v) is 20.6. The van der Waals surface area contributed by atoms with Crippen LogP contribution in [0.2, 0.25) is 0 Å². The molecule has 1 aliphatic heterocycles. The fourth-order valence-corrected chi connectivity index (χ4v) is 5.75. The molecule has 0 spiro atoms. The number of halogens is 4. The molecule has 0 bridgehead atoms. The molecule has 2 aromatic rings. The molecule has 1 heterocycles. The number of benzene rings is 2. The van der Waals surface area contributed by atoms with Gasteiger partial charge in [0.1, 0.15) is 0 Å². The Kier molecular flexibility index (Phi) is 8.69. The van der Waals surface area contributed by atoms with Gasteiger partial charge >= 0.3 is 0 Å². The first-order chi connectivity index (χ1) is 16.9. The number of ether oxygens (including phenoxy) is 1. The van der Waals surface area contributed by atoms with E-state index in [2.05, 4.69) is 13.5 Å². The first-order valence-electron chi connectivity index (χ1n) is 13.1. The smallest absolute Gasteiger partial charge is 0.167 e. The van der Waals surface area contributed by atoms with Crippen LogP contribution in [0.3, 0.4) is 0 Å². The highest BCUT2D eigenvalue weighted by Gasteiger charge is 2.28. The second kappa shape index (κ2) is 11.7. The predicted octanol–water partition coefficient (Wildman–Crippen LogP) is 8.90. The Balaban J connectivity index is 1.46. The van der Waals surface area contributed by atoms with Crippen LogP contribution < -0.4 is 0 Å². The van der Waals surface area contributed by atoms with Gasteiger partial charge in [0.05, 0.1) is 12.7 Å². The first kappa shape index (κ1) is 25.9. The molecule has 2 aliphatic rings. The summed E-state index contributed by atoms with van der Waals surface area (Å²) in [6, 6.07) is 5.74. The van der Waals surface area contributed by atoms with Crippen molar-refractivity contribution in [1.29, 1.82) is 0 Å². The molecular weight excluding hydrogens is 452 g/mol. The zero-order valence-electron chi connectivity index (χ0n) is 20.6. The van der Waals surface area contributed by atoms with E-state index in [1.54, 1.807) is 0 Å². The van der Waals surface area contributed by atoms with E-state index in [9.17, 15) is 8.78 Å². The summed E-state index contributed by atoms with van der Waals surface area (Å²) in [7, 11) is 0. The van der Waals surface area contributed by atoms with Crippen LogP contribution in [-0.4, -0.2) is 12.7 Å². The molecule has 1 aliphatic carbocycles. The van der Waals surface area contributed by atoms with Gasteiger partial charge in [-0.15, -0.1) is 6.58 Å². The summed E-state index contributed by atoms with van der Waals surface area (Å²) in [4.78, 5) is 0. The van der Waals surface area contributed by atoms with Gasteiger partial charge in [0.25, 0.3) is 0 Å². The average Bonchev–Trinajstić information content (AvgIpc) is 2.88. The van der Waals surface area contributed by atoms with Crippen LogP contribution in [0.5, 0.6) is 0 Å². The fraction of sp³-hybridized carbons (Fsp3) is 0.533. The van der Waals surface area contributed by atoms with Crippen LogP contribution in [0.1, 0.15) is 81.8 Å². The van der Waals surface area contributed by atoms with Crippen molar-refractivity contribution < 1.29 is 22.3 Å². The van der Waals surface area contributed by atoms with Crippen molar-refractivity contribution in [3.8, 4) is 11.1 Å². The van der Waals surface area contributed by atoms with Crippen LogP contribution in [0.25, 0.3) is 11.1 Å². The van der Waals surface area contributed by atoms with Crippen molar-refractivity contribution in [2.75, 3.05) is 6.61 Å². The van der Waals surface area contributed by atoms with E-state index in [-0.39, 0.29) is 34.3 Å². The SMILES string of the molecule is C=CC1CCC(CCc2ccc(-c3ccc(C4CCC(CCC)OC4)c(F)c3F)c(F)c2F)CC1. The third-order valence-electron chi connectivity index (χ3n) is 8.03.